The molecule has 0 spiro atoms. The monoisotopic (exact) mass is 442 g/mol. The summed E-state index contributed by atoms with van der Waals surface area (Å²) in [4.78, 5) is 11.6. The van der Waals surface area contributed by atoms with Gasteiger partial charge in [-0.1, -0.05) is 25.8 Å². The van der Waals surface area contributed by atoms with Gasteiger partial charge in [-0.25, -0.2) is 0 Å². The lowest BCUT2D eigenvalue weighted by Crippen LogP contribution is -2.50. The van der Waals surface area contributed by atoms with E-state index in [1.165, 1.54) is 57.8 Å². The molecule has 5 rings (SSSR count). The van der Waals surface area contributed by atoms with E-state index in [4.69, 9.17) is 4.74 Å². The van der Waals surface area contributed by atoms with E-state index in [-0.39, 0.29) is 5.91 Å². The standard InChI is InChI=1S/C28H46N2O2/c1-17-12-27-26(29-15-17)7-5-6-22-23-9-8-20-13-21(30-19(3)31)10-11-28(20,4)25(23)14-24(22)18(2)16-32-27/h17,20-23,25-27,29H,5-16H2,1-4H3,(H,30,31). The molecule has 2 N–H and O–H groups in total. The fourth-order valence-corrected chi connectivity index (χ4v) is 8.73. The highest BCUT2D eigenvalue weighted by Gasteiger charge is 2.55. The van der Waals surface area contributed by atoms with E-state index < -0.39 is 0 Å². The predicted molar refractivity (Wildman–Crippen MR) is 129 cm³/mol. The molecule has 3 aliphatic carbocycles. The molecule has 0 bridgehead atoms. The first-order valence-corrected chi connectivity index (χ1v) is 13.7. The number of nitrogens with one attached hydrogen (secondary N) is 2. The zero-order valence-electron chi connectivity index (χ0n) is 20.9. The zero-order valence-corrected chi connectivity index (χ0v) is 20.9. The largest absolute Gasteiger partial charge is 0.372 e. The molecule has 5 aliphatic rings. The van der Waals surface area contributed by atoms with Crippen LogP contribution in [-0.2, 0) is 9.53 Å². The van der Waals surface area contributed by atoms with Crippen LogP contribution in [0.25, 0.3) is 0 Å². The average molecular weight is 443 g/mol. The van der Waals surface area contributed by atoms with Crippen molar-refractivity contribution in [1.82, 2.24) is 10.6 Å². The van der Waals surface area contributed by atoms with Crippen molar-refractivity contribution < 1.29 is 9.53 Å². The second kappa shape index (κ2) is 9.06. The maximum absolute atomic E-state index is 11.6. The lowest BCUT2D eigenvalue weighted by molar-refractivity contribution is -0.121. The molecule has 1 amide bonds. The van der Waals surface area contributed by atoms with Crippen molar-refractivity contribution in [2.45, 2.75) is 110 Å². The zero-order chi connectivity index (χ0) is 22.5. The van der Waals surface area contributed by atoms with E-state index >= 15 is 0 Å². The van der Waals surface area contributed by atoms with E-state index in [9.17, 15) is 4.79 Å². The summed E-state index contributed by atoms with van der Waals surface area (Å²) in [5, 5.41) is 7.04. The lowest BCUT2D eigenvalue weighted by Gasteiger charge is -2.54. The molecule has 32 heavy (non-hydrogen) atoms. The van der Waals surface area contributed by atoms with Crippen LogP contribution in [0.4, 0.5) is 0 Å². The van der Waals surface area contributed by atoms with Crippen molar-refractivity contribution in [3.63, 3.8) is 0 Å². The van der Waals surface area contributed by atoms with Crippen LogP contribution in [-0.4, -0.2) is 37.2 Å². The number of fused-ring (bicyclic) bond motifs is 6. The van der Waals surface area contributed by atoms with E-state index in [0.717, 1.165) is 49.2 Å². The molecule has 9 atom stereocenters. The van der Waals surface area contributed by atoms with Gasteiger partial charge in [0.05, 0.1) is 12.7 Å². The van der Waals surface area contributed by atoms with Crippen molar-refractivity contribution in [3.05, 3.63) is 11.1 Å². The molecule has 180 valence electrons. The van der Waals surface area contributed by atoms with Gasteiger partial charge in [0.2, 0.25) is 5.91 Å². The second-order valence-corrected chi connectivity index (χ2v) is 12.5. The minimum Gasteiger partial charge on any atom is -0.372 e. The SMILES string of the molecule is CC(=O)NC1CCC2(C)C(CCC3C4CCCC5NCC(C)CC5OCC(C)=C4CC32)C1. The molecular weight excluding hydrogens is 396 g/mol. The third-order valence-corrected chi connectivity index (χ3v) is 10.5. The molecule has 1 saturated heterocycles. The number of hydrogen-bond donors (Lipinski definition) is 2. The van der Waals surface area contributed by atoms with Crippen molar-refractivity contribution in [3.8, 4) is 0 Å². The Kier molecular flexibility index (Phi) is 6.48. The number of piperidine rings is 1. The average Bonchev–Trinajstić information content (AvgIpc) is 3.13. The number of allylic oxidation sites excluding steroid dienone is 1. The van der Waals surface area contributed by atoms with Crippen LogP contribution < -0.4 is 10.6 Å². The summed E-state index contributed by atoms with van der Waals surface area (Å²) in [6.45, 7) is 11.0. The van der Waals surface area contributed by atoms with E-state index in [0.29, 0.717) is 23.6 Å². The predicted octanol–water partition coefficient (Wildman–Crippen LogP) is 5.23. The maximum atomic E-state index is 11.6. The van der Waals surface area contributed by atoms with Crippen LogP contribution in [0, 0.1) is 35.0 Å². The molecule has 9 unspecified atom stereocenters. The summed E-state index contributed by atoms with van der Waals surface area (Å²) in [5.74, 6) is 4.12. The topological polar surface area (TPSA) is 50.4 Å². The van der Waals surface area contributed by atoms with Crippen molar-refractivity contribution in [2.24, 2.45) is 35.0 Å². The first-order valence-electron chi connectivity index (χ1n) is 13.7. The van der Waals surface area contributed by atoms with Gasteiger partial charge in [-0.15, -0.1) is 0 Å². The molecule has 2 heterocycles. The Morgan fingerprint density at radius 1 is 1.16 bits per heavy atom. The number of carbonyl (C=O) groups excluding carboxylic acids is 1. The highest BCUT2D eigenvalue weighted by molar-refractivity contribution is 5.73. The number of carbonyl (C=O) groups is 1. The maximum Gasteiger partial charge on any atom is 0.217 e. The molecule has 4 nitrogen and oxygen atoms in total. The summed E-state index contributed by atoms with van der Waals surface area (Å²) in [6.07, 6.45) is 13.3. The van der Waals surface area contributed by atoms with Gasteiger partial charge in [0.25, 0.3) is 0 Å². The Hall–Kier alpha value is -0.870. The van der Waals surface area contributed by atoms with Crippen LogP contribution in [0.1, 0.15) is 91.9 Å². The second-order valence-electron chi connectivity index (χ2n) is 12.5. The third-order valence-electron chi connectivity index (χ3n) is 10.5. The van der Waals surface area contributed by atoms with Crippen LogP contribution >= 0.6 is 0 Å². The van der Waals surface area contributed by atoms with Gasteiger partial charge in [0.1, 0.15) is 0 Å². The molecular formula is C28H46N2O2. The van der Waals surface area contributed by atoms with Gasteiger partial charge in [0.15, 0.2) is 0 Å². The summed E-state index contributed by atoms with van der Waals surface area (Å²) in [7, 11) is 0. The Morgan fingerprint density at radius 2 is 2.00 bits per heavy atom. The van der Waals surface area contributed by atoms with E-state index in [2.05, 4.69) is 31.4 Å². The highest BCUT2D eigenvalue weighted by Crippen LogP contribution is 2.63. The summed E-state index contributed by atoms with van der Waals surface area (Å²) in [5.41, 5.74) is 3.78. The number of amides is 1. The minimum absolute atomic E-state index is 0.143. The molecule has 0 radical (unpaired) electrons. The lowest BCUT2D eigenvalue weighted by atomic mass is 9.52. The van der Waals surface area contributed by atoms with E-state index in [1.807, 2.05) is 0 Å². The summed E-state index contributed by atoms with van der Waals surface area (Å²) in [6, 6.07) is 0.951. The first-order chi connectivity index (χ1) is 15.3. The normalized spacial score (nSPS) is 47.0. The molecule has 0 aromatic rings. The Labute approximate surface area is 195 Å². The molecule has 0 aromatic heterocycles. The van der Waals surface area contributed by atoms with Gasteiger partial charge in [-0.2, -0.15) is 0 Å². The van der Waals surface area contributed by atoms with Crippen LogP contribution in [0.2, 0.25) is 0 Å². The molecule has 3 saturated carbocycles. The van der Waals surface area contributed by atoms with Gasteiger partial charge >= 0.3 is 0 Å². The Morgan fingerprint density at radius 3 is 2.81 bits per heavy atom. The van der Waals surface area contributed by atoms with Crippen LogP contribution in [0.15, 0.2) is 11.1 Å². The number of hydrogen-bond acceptors (Lipinski definition) is 3. The van der Waals surface area contributed by atoms with Crippen molar-refractivity contribution in [1.29, 1.82) is 0 Å². The summed E-state index contributed by atoms with van der Waals surface area (Å²) < 4.78 is 6.59. The van der Waals surface area contributed by atoms with Gasteiger partial charge < -0.3 is 15.4 Å². The minimum atomic E-state index is 0.143. The Bertz CT molecular complexity index is 748. The first kappa shape index (κ1) is 22.9. The van der Waals surface area contributed by atoms with Crippen LogP contribution in [0.3, 0.4) is 0 Å². The fraction of sp³-hybridized carbons (Fsp3) is 0.893. The number of ether oxygens (including phenoxy) is 1. The fourth-order valence-electron chi connectivity index (χ4n) is 8.73. The quantitative estimate of drug-likeness (QED) is 0.547. The molecule has 4 heteroatoms. The Balaban J connectivity index is 1.34. The highest BCUT2D eigenvalue weighted by atomic mass is 16.5. The van der Waals surface area contributed by atoms with Gasteiger partial charge in [-0.05, 0) is 112 Å². The molecule has 2 aliphatic heterocycles. The number of rotatable bonds is 1. The molecule has 0 aromatic carbocycles. The van der Waals surface area contributed by atoms with Gasteiger partial charge in [-0.3, -0.25) is 4.79 Å². The van der Waals surface area contributed by atoms with E-state index in [1.54, 1.807) is 18.1 Å². The smallest absolute Gasteiger partial charge is 0.217 e. The third kappa shape index (κ3) is 4.19. The van der Waals surface area contributed by atoms with Crippen molar-refractivity contribution >= 4 is 5.91 Å². The summed E-state index contributed by atoms with van der Waals surface area (Å²) >= 11 is 0. The molecule has 4 fully saturated rings. The van der Waals surface area contributed by atoms with Crippen molar-refractivity contribution in [2.75, 3.05) is 13.2 Å². The van der Waals surface area contributed by atoms with Gasteiger partial charge in [0, 0.05) is 19.0 Å². The van der Waals surface area contributed by atoms with Crippen LogP contribution in [0.5, 0.6) is 0 Å².